The Hall–Kier alpha value is -0.640. The standard InChI is InChI=1S/C6H6O.H2O2/c1-2-4-6-5(3-1)7-6;1-2/h1-6H;1-2H. The summed E-state index contributed by atoms with van der Waals surface area (Å²) in [6, 6.07) is 0. The van der Waals surface area contributed by atoms with E-state index in [1.54, 1.807) is 0 Å². The summed E-state index contributed by atoms with van der Waals surface area (Å²) in [7, 11) is 0. The van der Waals surface area contributed by atoms with E-state index in [0.29, 0.717) is 12.2 Å². The summed E-state index contributed by atoms with van der Waals surface area (Å²) in [5.41, 5.74) is 0. The number of hydrogen-bond acceptors (Lipinski definition) is 3. The van der Waals surface area contributed by atoms with Crippen LogP contribution in [0.15, 0.2) is 24.3 Å². The first-order valence-corrected chi connectivity index (χ1v) is 2.67. The lowest BCUT2D eigenvalue weighted by Gasteiger charge is -1.81. The van der Waals surface area contributed by atoms with Crippen molar-refractivity contribution in [1.82, 2.24) is 0 Å². The van der Waals surface area contributed by atoms with Crippen molar-refractivity contribution in [3.63, 3.8) is 0 Å². The first-order chi connectivity index (χ1) is 4.47. The fourth-order valence-electron chi connectivity index (χ4n) is 0.793. The number of ether oxygens (including phenoxy) is 1. The molecule has 0 bridgehead atoms. The van der Waals surface area contributed by atoms with E-state index in [1.807, 2.05) is 12.2 Å². The van der Waals surface area contributed by atoms with Gasteiger partial charge in [-0.3, -0.25) is 10.5 Å². The normalized spacial score (nSPS) is 34.4. The minimum absolute atomic E-state index is 0.435. The summed E-state index contributed by atoms with van der Waals surface area (Å²) < 4.78 is 5.10. The second kappa shape index (κ2) is 2.77. The predicted octanol–water partition coefficient (Wildman–Crippen LogP) is 0.897. The fourth-order valence-corrected chi connectivity index (χ4v) is 0.793. The first kappa shape index (κ1) is 6.48. The molecule has 1 heterocycles. The molecule has 2 rings (SSSR count). The molecule has 2 N–H and O–H groups in total. The van der Waals surface area contributed by atoms with E-state index in [2.05, 4.69) is 12.2 Å². The molecule has 0 radical (unpaired) electrons. The SMILES string of the molecule is C1=CC2OC2C=C1.OO. The van der Waals surface area contributed by atoms with Crippen LogP contribution in [0.5, 0.6) is 0 Å². The molecule has 0 saturated carbocycles. The van der Waals surface area contributed by atoms with Crippen LogP contribution >= 0.6 is 0 Å². The van der Waals surface area contributed by atoms with Crippen molar-refractivity contribution in [2.75, 3.05) is 0 Å². The Kier molecular flexibility index (Phi) is 2.00. The smallest absolute Gasteiger partial charge is 0.107 e. The molecule has 3 heteroatoms. The lowest BCUT2D eigenvalue weighted by Crippen LogP contribution is -1.86. The summed E-state index contributed by atoms with van der Waals surface area (Å²) in [4.78, 5) is 0. The molecule has 0 aromatic rings. The number of rotatable bonds is 0. The lowest BCUT2D eigenvalue weighted by molar-refractivity contribution is -0.176. The van der Waals surface area contributed by atoms with Crippen molar-refractivity contribution in [2.24, 2.45) is 0 Å². The molecular formula is C6H8O3. The molecule has 0 amide bonds. The molecule has 1 aliphatic carbocycles. The molecule has 2 aliphatic rings. The minimum Gasteiger partial charge on any atom is -0.361 e. The van der Waals surface area contributed by atoms with Gasteiger partial charge in [0.25, 0.3) is 0 Å². The van der Waals surface area contributed by atoms with Gasteiger partial charge >= 0.3 is 0 Å². The second-order valence-electron chi connectivity index (χ2n) is 1.84. The van der Waals surface area contributed by atoms with E-state index >= 15 is 0 Å². The monoisotopic (exact) mass is 128 g/mol. The summed E-state index contributed by atoms with van der Waals surface area (Å²) in [6.45, 7) is 0. The highest BCUT2D eigenvalue weighted by atomic mass is 17.0. The highest BCUT2D eigenvalue weighted by Gasteiger charge is 2.34. The number of fused-ring (bicyclic) bond motifs is 1. The molecule has 0 aromatic carbocycles. The van der Waals surface area contributed by atoms with Gasteiger partial charge in [-0.15, -0.1) is 0 Å². The van der Waals surface area contributed by atoms with E-state index in [9.17, 15) is 0 Å². The van der Waals surface area contributed by atoms with Gasteiger partial charge in [0.15, 0.2) is 0 Å². The van der Waals surface area contributed by atoms with Crippen LogP contribution in [0.3, 0.4) is 0 Å². The Balaban J connectivity index is 0.000000186. The maximum Gasteiger partial charge on any atom is 0.107 e. The lowest BCUT2D eigenvalue weighted by atomic mass is 10.2. The Morgan fingerprint density at radius 3 is 1.78 bits per heavy atom. The van der Waals surface area contributed by atoms with Crippen LogP contribution < -0.4 is 0 Å². The minimum atomic E-state index is 0.435. The molecule has 0 spiro atoms. The maximum atomic E-state index is 6.00. The highest BCUT2D eigenvalue weighted by molar-refractivity contribution is 5.22. The summed E-state index contributed by atoms with van der Waals surface area (Å²) in [6.07, 6.45) is 9.06. The third kappa shape index (κ3) is 1.38. The Bertz CT molecular complexity index is 123. The zero-order valence-electron chi connectivity index (χ0n) is 4.77. The van der Waals surface area contributed by atoms with Crippen LogP contribution in [0, 0.1) is 0 Å². The van der Waals surface area contributed by atoms with E-state index in [-0.39, 0.29) is 0 Å². The molecule has 1 aliphatic heterocycles. The van der Waals surface area contributed by atoms with E-state index in [0.717, 1.165) is 0 Å². The van der Waals surface area contributed by atoms with E-state index < -0.39 is 0 Å². The van der Waals surface area contributed by atoms with Crippen LogP contribution in [0.4, 0.5) is 0 Å². The van der Waals surface area contributed by atoms with Crippen molar-refractivity contribution in [2.45, 2.75) is 12.2 Å². The average Bonchev–Trinajstić information content (AvgIpc) is 2.69. The fraction of sp³-hybridized carbons (Fsp3) is 0.333. The van der Waals surface area contributed by atoms with Crippen LogP contribution in [-0.4, -0.2) is 22.7 Å². The zero-order chi connectivity index (χ0) is 6.69. The molecular weight excluding hydrogens is 120 g/mol. The van der Waals surface area contributed by atoms with Gasteiger partial charge in [-0.25, -0.2) is 0 Å². The molecule has 2 unspecified atom stereocenters. The number of allylic oxidation sites excluding steroid dienone is 2. The van der Waals surface area contributed by atoms with Gasteiger partial charge in [-0.1, -0.05) is 24.3 Å². The summed E-state index contributed by atoms with van der Waals surface area (Å²) in [5.74, 6) is 0. The van der Waals surface area contributed by atoms with Crippen LogP contribution in [-0.2, 0) is 4.74 Å². The van der Waals surface area contributed by atoms with Gasteiger partial charge < -0.3 is 4.74 Å². The van der Waals surface area contributed by atoms with Gasteiger partial charge in [0.1, 0.15) is 12.2 Å². The van der Waals surface area contributed by atoms with Crippen LogP contribution in [0.2, 0.25) is 0 Å². The zero-order valence-corrected chi connectivity index (χ0v) is 4.77. The molecule has 3 nitrogen and oxygen atoms in total. The van der Waals surface area contributed by atoms with E-state index in [1.165, 1.54) is 0 Å². The van der Waals surface area contributed by atoms with Gasteiger partial charge in [-0.2, -0.15) is 0 Å². The van der Waals surface area contributed by atoms with Gasteiger partial charge in [0.05, 0.1) is 0 Å². The Morgan fingerprint density at radius 1 is 1.00 bits per heavy atom. The van der Waals surface area contributed by atoms with Crippen molar-refractivity contribution in [3.05, 3.63) is 24.3 Å². The van der Waals surface area contributed by atoms with Crippen LogP contribution in [0.1, 0.15) is 0 Å². The van der Waals surface area contributed by atoms with Gasteiger partial charge in [-0.05, 0) is 0 Å². The predicted molar refractivity (Wildman–Crippen MR) is 32.2 cm³/mol. The maximum absolute atomic E-state index is 6.00. The van der Waals surface area contributed by atoms with Gasteiger partial charge in [0.2, 0.25) is 0 Å². The van der Waals surface area contributed by atoms with Crippen molar-refractivity contribution < 1.29 is 15.3 Å². The average molecular weight is 128 g/mol. The molecule has 1 saturated heterocycles. The van der Waals surface area contributed by atoms with Gasteiger partial charge in [0, 0.05) is 0 Å². The largest absolute Gasteiger partial charge is 0.361 e. The van der Waals surface area contributed by atoms with Crippen molar-refractivity contribution >= 4 is 0 Å². The highest BCUT2D eigenvalue weighted by Crippen LogP contribution is 2.26. The van der Waals surface area contributed by atoms with E-state index in [4.69, 9.17) is 15.3 Å². The molecule has 2 atom stereocenters. The third-order valence-electron chi connectivity index (χ3n) is 1.27. The second-order valence-corrected chi connectivity index (χ2v) is 1.84. The quantitative estimate of drug-likeness (QED) is 0.289. The summed E-state index contributed by atoms with van der Waals surface area (Å²) in [5, 5.41) is 12.0. The third-order valence-corrected chi connectivity index (χ3v) is 1.27. The molecule has 9 heavy (non-hydrogen) atoms. The van der Waals surface area contributed by atoms with Crippen LogP contribution in [0.25, 0.3) is 0 Å². The molecule has 1 fully saturated rings. The Morgan fingerprint density at radius 2 is 1.44 bits per heavy atom. The Labute approximate surface area is 52.8 Å². The summed E-state index contributed by atoms with van der Waals surface area (Å²) >= 11 is 0. The molecule has 50 valence electrons. The number of hydrogen-bond donors (Lipinski definition) is 2. The van der Waals surface area contributed by atoms with Crippen molar-refractivity contribution in [3.8, 4) is 0 Å². The van der Waals surface area contributed by atoms with Crippen molar-refractivity contribution in [1.29, 1.82) is 0 Å². The molecule has 0 aromatic heterocycles. The topological polar surface area (TPSA) is 53.0 Å². The first-order valence-electron chi connectivity index (χ1n) is 2.67. The number of epoxide rings is 1.